The van der Waals surface area contributed by atoms with Crippen LogP contribution < -0.4 is 9.47 Å². The van der Waals surface area contributed by atoms with E-state index in [9.17, 15) is 4.79 Å². The van der Waals surface area contributed by atoms with Crippen LogP contribution in [0.5, 0.6) is 11.5 Å². The van der Waals surface area contributed by atoms with Crippen LogP contribution in [-0.4, -0.2) is 42.4 Å². The summed E-state index contributed by atoms with van der Waals surface area (Å²) in [6.45, 7) is 3.67. The van der Waals surface area contributed by atoms with Gasteiger partial charge in [0.25, 0.3) is 0 Å². The Labute approximate surface area is 181 Å². The summed E-state index contributed by atoms with van der Waals surface area (Å²) in [6.07, 6.45) is 2.09. The minimum Gasteiger partial charge on any atom is -0.486 e. The standard InChI is InChI=1S/C25H25NO3S/c1-2-26(14-19-15-28-21-8-3-4-9-22(21)29-19)24(27)16-30-23-13-12-18-11-10-17-6-5-7-20(23)25(17)18/h3-9,12-13,19H,2,10-11,14-16H2,1H3/t19-/m0/s1. The molecule has 1 aliphatic heterocycles. The van der Waals surface area contributed by atoms with Crippen molar-refractivity contribution in [2.45, 2.75) is 30.8 Å². The van der Waals surface area contributed by atoms with Gasteiger partial charge in [-0.25, -0.2) is 0 Å². The van der Waals surface area contributed by atoms with Crippen LogP contribution in [0.1, 0.15) is 18.1 Å². The third-order valence-electron chi connectivity index (χ3n) is 5.91. The summed E-state index contributed by atoms with van der Waals surface area (Å²) >= 11 is 1.63. The van der Waals surface area contributed by atoms with Gasteiger partial charge in [0.1, 0.15) is 6.61 Å². The van der Waals surface area contributed by atoms with Gasteiger partial charge < -0.3 is 14.4 Å². The van der Waals surface area contributed by atoms with E-state index in [0.29, 0.717) is 25.4 Å². The molecule has 3 aromatic rings. The zero-order valence-corrected chi connectivity index (χ0v) is 17.9. The molecule has 1 amide bonds. The molecular weight excluding hydrogens is 394 g/mol. The first-order chi connectivity index (χ1) is 14.7. The molecule has 154 valence electrons. The van der Waals surface area contributed by atoms with Gasteiger partial charge in [0.05, 0.1) is 12.3 Å². The summed E-state index contributed by atoms with van der Waals surface area (Å²) in [7, 11) is 0. The normalized spacial score (nSPS) is 16.6. The zero-order valence-electron chi connectivity index (χ0n) is 17.1. The Balaban J connectivity index is 1.25. The van der Waals surface area contributed by atoms with E-state index in [1.165, 1.54) is 26.8 Å². The maximum atomic E-state index is 13.0. The van der Waals surface area contributed by atoms with Crippen molar-refractivity contribution < 1.29 is 14.3 Å². The Hall–Kier alpha value is -2.66. The third kappa shape index (κ3) is 3.63. The highest BCUT2D eigenvalue weighted by atomic mass is 32.2. The molecule has 0 bridgehead atoms. The van der Waals surface area contributed by atoms with Crippen LogP contribution in [0.25, 0.3) is 10.8 Å². The summed E-state index contributed by atoms with van der Waals surface area (Å²) < 4.78 is 11.8. The van der Waals surface area contributed by atoms with Crippen molar-refractivity contribution in [1.29, 1.82) is 0 Å². The number of carbonyl (C=O) groups is 1. The average Bonchev–Trinajstić information content (AvgIpc) is 3.21. The third-order valence-corrected chi connectivity index (χ3v) is 6.97. The quantitative estimate of drug-likeness (QED) is 0.542. The number of nitrogens with zero attached hydrogens (tertiary/aromatic N) is 1. The second-order valence-electron chi connectivity index (χ2n) is 7.78. The molecular formula is C25H25NO3S. The summed E-state index contributed by atoms with van der Waals surface area (Å²) in [5.74, 6) is 2.08. The Bertz CT molecular complexity index is 1090. The zero-order chi connectivity index (χ0) is 20.5. The molecule has 30 heavy (non-hydrogen) atoms. The van der Waals surface area contributed by atoms with Crippen LogP contribution >= 0.6 is 11.8 Å². The number of hydrogen-bond donors (Lipinski definition) is 0. The van der Waals surface area contributed by atoms with Crippen LogP contribution in [0, 0.1) is 0 Å². The van der Waals surface area contributed by atoms with E-state index in [0.717, 1.165) is 24.3 Å². The molecule has 1 atom stereocenters. The predicted octanol–water partition coefficient (Wildman–Crippen LogP) is 4.72. The topological polar surface area (TPSA) is 38.8 Å². The highest BCUT2D eigenvalue weighted by Crippen LogP contribution is 2.37. The van der Waals surface area contributed by atoms with Crippen molar-refractivity contribution >= 4 is 28.4 Å². The van der Waals surface area contributed by atoms with Crippen molar-refractivity contribution in [2.24, 2.45) is 0 Å². The molecule has 0 saturated heterocycles. The van der Waals surface area contributed by atoms with E-state index in [2.05, 4.69) is 30.3 Å². The molecule has 0 radical (unpaired) electrons. The molecule has 1 heterocycles. The number of benzene rings is 3. The first kappa shape index (κ1) is 19.3. The van der Waals surface area contributed by atoms with Gasteiger partial charge in [0, 0.05) is 11.4 Å². The van der Waals surface area contributed by atoms with Crippen molar-refractivity contribution in [3.05, 3.63) is 65.7 Å². The van der Waals surface area contributed by atoms with Crippen LogP contribution in [0.3, 0.4) is 0 Å². The van der Waals surface area contributed by atoms with Gasteiger partial charge in [0.15, 0.2) is 17.6 Å². The fraction of sp³-hybridized carbons (Fsp3) is 0.320. The number of thioether (sulfide) groups is 1. The van der Waals surface area contributed by atoms with Gasteiger partial charge in [-0.2, -0.15) is 0 Å². The number of amides is 1. The van der Waals surface area contributed by atoms with Gasteiger partial charge >= 0.3 is 0 Å². The lowest BCUT2D eigenvalue weighted by Crippen LogP contribution is -2.44. The summed E-state index contributed by atoms with van der Waals surface area (Å²) in [6, 6.07) is 18.6. The van der Waals surface area contributed by atoms with Crippen molar-refractivity contribution in [2.75, 3.05) is 25.4 Å². The van der Waals surface area contributed by atoms with E-state index in [1.807, 2.05) is 36.1 Å². The Kier molecular flexibility index (Phi) is 5.30. The first-order valence-electron chi connectivity index (χ1n) is 10.6. The Morgan fingerprint density at radius 3 is 2.67 bits per heavy atom. The fourth-order valence-electron chi connectivity index (χ4n) is 4.38. The summed E-state index contributed by atoms with van der Waals surface area (Å²) in [5, 5.41) is 2.68. The lowest BCUT2D eigenvalue weighted by atomic mass is 10.1. The summed E-state index contributed by atoms with van der Waals surface area (Å²) in [5.41, 5.74) is 2.86. The molecule has 0 fully saturated rings. The lowest BCUT2D eigenvalue weighted by Gasteiger charge is -2.31. The van der Waals surface area contributed by atoms with Gasteiger partial charge in [-0.1, -0.05) is 36.4 Å². The Morgan fingerprint density at radius 2 is 1.83 bits per heavy atom. The molecule has 0 aromatic heterocycles. The van der Waals surface area contributed by atoms with E-state index in [-0.39, 0.29) is 12.0 Å². The highest BCUT2D eigenvalue weighted by molar-refractivity contribution is 8.00. The molecule has 0 saturated carbocycles. The van der Waals surface area contributed by atoms with E-state index >= 15 is 0 Å². The van der Waals surface area contributed by atoms with Crippen LogP contribution in [0.15, 0.2) is 59.5 Å². The number of carbonyl (C=O) groups excluding carboxylic acids is 1. The smallest absolute Gasteiger partial charge is 0.233 e. The lowest BCUT2D eigenvalue weighted by molar-refractivity contribution is -0.129. The number of hydrogen-bond acceptors (Lipinski definition) is 4. The number of aryl methyl sites for hydroxylation is 2. The molecule has 0 spiro atoms. The molecule has 4 nitrogen and oxygen atoms in total. The minimum absolute atomic E-state index is 0.133. The number of ether oxygens (including phenoxy) is 2. The average molecular weight is 420 g/mol. The second-order valence-corrected chi connectivity index (χ2v) is 8.80. The van der Waals surface area contributed by atoms with Gasteiger partial charge in [-0.05, 0) is 59.9 Å². The SMILES string of the molecule is CCN(C[C@H]1COc2ccccc2O1)C(=O)CSc1ccc2c3c(cccc13)CC2. The van der Waals surface area contributed by atoms with Crippen molar-refractivity contribution in [1.82, 2.24) is 4.90 Å². The van der Waals surface area contributed by atoms with Gasteiger partial charge in [-0.3, -0.25) is 4.79 Å². The highest BCUT2D eigenvalue weighted by Gasteiger charge is 2.25. The van der Waals surface area contributed by atoms with E-state index in [1.54, 1.807) is 11.8 Å². The fourth-order valence-corrected chi connectivity index (χ4v) is 5.33. The maximum Gasteiger partial charge on any atom is 0.233 e. The minimum atomic E-state index is -0.148. The number of rotatable bonds is 6. The Morgan fingerprint density at radius 1 is 1.03 bits per heavy atom. The largest absolute Gasteiger partial charge is 0.486 e. The number of fused-ring (bicyclic) bond motifs is 1. The van der Waals surface area contributed by atoms with E-state index in [4.69, 9.17) is 9.47 Å². The number of para-hydroxylation sites is 2. The molecule has 0 unspecified atom stereocenters. The molecule has 1 aliphatic carbocycles. The first-order valence-corrected chi connectivity index (χ1v) is 11.5. The monoisotopic (exact) mass is 419 g/mol. The van der Waals surface area contributed by atoms with E-state index < -0.39 is 0 Å². The number of likely N-dealkylation sites (N-methyl/N-ethyl adjacent to an activating group) is 1. The molecule has 5 heteroatoms. The van der Waals surface area contributed by atoms with Crippen LogP contribution in [0.4, 0.5) is 0 Å². The summed E-state index contributed by atoms with van der Waals surface area (Å²) in [4.78, 5) is 16.0. The van der Waals surface area contributed by atoms with Crippen molar-refractivity contribution in [3.8, 4) is 11.5 Å². The molecule has 2 aliphatic rings. The second kappa shape index (κ2) is 8.23. The predicted molar refractivity (Wildman–Crippen MR) is 121 cm³/mol. The molecule has 3 aromatic carbocycles. The van der Waals surface area contributed by atoms with Crippen molar-refractivity contribution in [3.63, 3.8) is 0 Å². The maximum absolute atomic E-state index is 13.0. The van der Waals surface area contributed by atoms with Gasteiger partial charge in [-0.15, -0.1) is 11.8 Å². The van der Waals surface area contributed by atoms with Crippen LogP contribution in [-0.2, 0) is 17.6 Å². The molecule has 0 N–H and O–H groups in total. The van der Waals surface area contributed by atoms with Gasteiger partial charge in [0.2, 0.25) is 5.91 Å². The molecule has 5 rings (SSSR count). The van der Waals surface area contributed by atoms with Crippen LogP contribution in [0.2, 0.25) is 0 Å².